The summed E-state index contributed by atoms with van der Waals surface area (Å²) >= 11 is -0.750. The molecule has 5 aromatic rings. The normalized spacial score (nSPS) is 11.6. The summed E-state index contributed by atoms with van der Waals surface area (Å²) in [5, 5.41) is 13.4. The smallest absolute Gasteiger partial charge is 0.440 e. The molecule has 0 amide bonds. The van der Waals surface area contributed by atoms with E-state index >= 15 is 0 Å². The molecule has 0 saturated carbocycles. The lowest BCUT2D eigenvalue weighted by Crippen LogP contribution is -2.16. The summed E-state index contributed by atoms with van der Waals surface area (Å²) in [6, 6.07) is 16.5. The molecule has 0 saturated heterocycles. The van der Waals surface area contributed by atoms with Crippen molar-refractivity contribution in [3.8, 4) is 45.1 Å². The fraction of sp³-hybridized carbons (Fsp3) is 0.200. The van der Waals surface area contributed by atoms with E-state index in [-0.39, 0.29) is 35.3 Å². The molecular weight excluding hydrogens is 628 g/mol. The molecule has 0 aliphatic rings. The molecule has 0 bridgehead atoms. The highest BCUT2D eigenvalue weighted by atomic mass is 32.1. The van der Waals surface area contributed by atoms with Crippen LogP contribution < -0.4 is 4.74 Å². The maximum absolute atomic E-state index is 13.5. The van der Waals surface area contributed by atoms with Crippen LogP contribution in [-0.4, -0.2) is 34.7 Å². The third-order valence-corrected chi connectivity index (χ3v) is 6.59. The van der Waals surface area contributed by atoms with Crippen LogP contribution in [0, 0.1) is 20.8 Å². The standard InChI is InChI=1S/C30H23F6N3O3.O2S/c1-16-12-20(4-5-22(16)15-40)21-8-11-25(39-17(2)13-26(38-39)29(31,32)33)24(14-21)28-27(37-18(3)41-28)19-6-9-23(10-7-19)42-30(34,35)36;1-3-2/h4-14,40H,15H2,1-3H3;. The predicted molar refractivity (Wildman–Crippen MR) is 151 cm³/mol. The number of hydrogen-bond donors (Lipinski definition) is 1. The highest BCUT2D eigenvalue weighted by Gasteiger charge is 2.35. The number of oxazole rings is 1. The molecule has 45 heavy (non-hydrogen) atoms. The zero-order chi connectivity index (χ0) is 33.1. The van der Waals surface area contributed by atoms with Gasteiger partial charge in [-0.25, -0.2) is 9.67 Å². The SMILES string of the molecule is Cc1nc(-c2ccc(OC(F)(F)F)cc2)c(-c2cc(-c3ccc(CO)c(C)c3)ccc2-n2nc(C(F)(F)F)cc2C)o1.O=S=O. The number of rotatable bonds is 6. The first-order valence-electron chi connectivity index (χ1n) is 12.9. The minimum absolute atomic E-state index is 0.135. The molecule has 5 rings (SSSR count). The highest BCUT2D eigenvalue weighted by Crippen LogP contribution is 2.40. The van der Waals surface area contributed by atoms with Crippen molar-refractivity contribution in [2.24, 2.45) is 0 Å². The summed E-state index contributed by atoms with van der Waals surface area (Å²) in [5.41, 5.74) is 3.47. The van der Waals surface area contributed by atoms with Crippen molar-refractivity contribution < 1.29 is 49.0 Å². The fourth-order valence-electron chi connectivity index (χ4n) is 4.61. The molecule has 3 aromatic carbocycles. The van der Waals surface area contributed by atoms with Gasteiger partial charge in [0.2, 0.25) is 0 Å². The van der Waals surface area contributed by atoms with E-state index in [0.717, 1.165) is 39.6 Å². The zero-order valence-corrected chi connectivity index (χ0v) is 24.5. The Balaban J connectivity index is 0.00000148. The number of ether oxygens (including phenoxy) is 1. The summed E-state index contributed by atoms with van der Waals surface area (Å²) in [6.45, 7) is 4.78. The molecule has 2 aromatic heterocycles. The zero-order valence-electron chi connectivity index (χ0n) is 23.7. The summed E-state index contributed by atoms with van der Waals surface area (Å²) < 4.78 is 106. The van der Waals surface area contributed by atoms with Crippen LogP contribution in [-0.2, 0) is 24.4 Å². The first-order chi connectivity index (χ1) is 21.1. The van der Waals surface area contributed by atoms with Crippen LogP contribution in [0.2, 0.25) is 0 Å². The Morgan fingerprint density at radius 3 is 2.02 bits per heavy atom. The average Bonchev–Trinajstić information content (AvgIpc) is 3.55. The third-order valence-electron chi connectivity index (χ3n) is 6.59. The molecular formula is C30H23F6N3O5S. The molecule has 0 unspecified atom stereocenters. The maximum Gasteiger partial charge on any atom is 0.573 e. The lowest BCUT2D eigenvalue weighted by Gasteiger charge is -2.14. The molecule has 2 heterocycles. The molecule has 236 valence electrons. The van der Waals surface area contributed by atoms with E-state index in [1.165, 1.54) is 19.1 Å². The highest BCUT2D eigenvalue weighted by molar-refractivity contribution is 7.51. The second-order valence-electron chi connectivity index (χ2n) is 9.66. The fourth-order valence-corrected chi connectivity index (χ4v) is 4.61. The number of aromatic nitrogens is 3. The number of benzene rings is 3. The maximum atomic E-state index is 13.5. The van der Waals surface area contributed by atoms with Gasteiger partial charge in [0.15, 0.2) is 17.3 Å². The van der Waals surface area contributed by atoms with Gasteiger partial charge in [-0.2, -0.15) is 26.7 Å². The van der Waals surface area contributed by atoms with E-state index in [1.807, 2.05) is 19.1 Å². The van der Waals surface area contributed by atoms with E-state index in [9.17, 15) is 31.4 Å². The topological polar surface area (TPSA) is 107 Å². The van der Waals surface area contributed by atoms with E-state index in [1.54, 1.807) is 31.2 Å². The van der Waals surface area contributed by atoms with Gasteiger partial charge in [-0.15, -0.1) is 13.2 Å². The molecule has 0 fully saturated rings. The van der Waals surface area contributed by atoms with Crippen LogP contribution in [0.1, 0.15) is 28.4 Å². The van der Waals surface area contributed by atoms with Gasteiger partial charge in [-0.1, -0.05) is 24.3 Å². The minimum atomic E-state index is -4.86. The van der Waals surface area contributed by atoms with Gasteiger partial charge in [0.1, 0.15) is 11.4 Å². The van der Waals surface area contributed by atoms with Gasteiger partial charge >= 0.3 is 24.1 Å². The largest absolute Gasteiger partial charge is 0.573 e. The second kappa shape index (κ2) is 13.1. The van der Waals surface area contributed by atoms with Crippen LogP contribution in [0.25, 0.3) is 39.4 Å². The van der Waals surface area contributed by atoms with Crippen molar-refractivity contribution in [3.63, 3.8) is 0 Å². The van der Waals surface area contributed by atoms with Crippen molar-refractivity contribution >= 4 is 11.6 Å². The van der Waals surface area contributed by atoms with Crippen molar-refractivity contribution in [3.05, 3.63) is 95.1 Å². The lowest BCUT2D eigenvalue weighted by atomic mass is 9.96. The quantitative estimate of drug-likeness (QED) is 0.189. The van der Waals surface area contributed by atoms with Crippen LogP contribution in [0.3, 0.4) is 0 Å². The van der Waals surface area contributed by atoms with Gasteiger partial charge in [0, 0.05) is 23.7 Å². The number of alkyl halides is 6. The van der Waals surface area contributed by atoms with E-state index < -0.39 is 35.6 Å². The minimum Gasteiger partial charge on any atom is -0.440 e. The first-order valence-corrected chi connectivity index (χ1v) is 13.6. The number of aliphatic hydroxyl groups is 1. The molecule has 0 radical (unpaired) electrons. The van der Waals surface area contributed by atoms with E-state index in [4.69, 9.17) is 12.8 Å². The average molecular weight is 652 g/mol. The van der Waals surface area contributed by atoms with E-state index in [0.29, 0.717) is 16.7 Å². The molecule has 0 spiro atoms. The number of aliphatic hydroxyl groups excluding tert-OH is 1. The monoisotopic (exact) mass is 651 g/mol. The van der Waals surface area contributed by atoms with Crippen molar-refractivity contribution in [1.29, 1.82) is 0 Å². The Morgan fingerprint density at radius 2 is 1.47 bits per heavy atom. The number of aryl methyl sites for hydroxylation is 3. The van der Waals surface area contributed by atoms with Gasteiger partial charge in [0.25, 0.3) is 0 Å². The Morgan fingerprint density at radius 1 is 0.867 bits per heavy atom. The Kier molecular flexibility index (Phi) is 9.63. The molecule has 1 N–H and O–H groups in total. The number of nitrogens with zero attached hydrogens (tertiary/aromatic N) is 3. The molecule has 8 nitrogen and oxygen atoms in total. The summed E-state index contributed by atoms with van der Waals surface area (Å²) in [5.74, 6) is -0.0199. The second-order valence-corrected chi connectivity index (χ2v) is 9.80. The van der Waals surface area contributed by atoms with Crippen LogP contribution in [0.15, 0.2) is 71.1 Å². The van der Waals surface area contributed by atoms with Crippen molar-refractivity contribution in [1.82, 2.24) is 14.8 Å². The van der Waals surface area contributed by atoms with Gasteiger partial charge in [-0.3, -0.25) is 0 Å². The first kappa shape index (κ1) is 33.1. The Bertz CT molecular complexity index is 1860. The van der Waals surface area contributed by atoms with Crippen LogP contribution in [0.4, 0.5) is 26.3 Å². The molecule has 0 aliphatic carbocycles. The summed E-state index contributed by atoms with van der Waals surface area (Å²) in [7, 11) is 0. The third kappa shape index (κ3) is 7.67. The number of halogens is 6. The summed E-state index contributed by atoms with van der Waals surface area (Å²) in [6.07, 6.45) is -9.53. The van der Waals surface area contributed by atoms with E-state index in [2.05, 4.69) is 14.8 Å². The molecule has 15 heteroatoms. The molecule has 0 atom stereocenters. The summed E-state index contributed by atoms with van der Waals surface area (Å²) in [4.78, 5) is 4.44. The van der Waals surface area contributed by atoms with Crippen LogP contribution in [0.5, 0.6) is 5.75 Å². The van der Waals surface area contributed by atoms with Crippen LogP contribution >= 0.6 is 0 Å². The van der Waals surface area contributed by atoms with Crippen molar-refractivity contribution in [2.75, 3.05) is 0 Å². The predicted octanol–water partition coefficient (Wildman–Crippen LogP) is 7.53. The van der Waals surface area contributed by atoms with Gasteiger partial charge < -0.3 is 14.3 Å². The van der Waals surface area contributed by atoms with Crippen molar-refractivity contribution in [2.45, 2.75) is 39.9 Å². The Hall–Kier alpha value is -4.76. The lowest BCUT2D eigenvalue weighted by molar-refractivity contribution is -0.274. The Labute approximate surface area is 255 Å². The number of hydrogen-bond acceptors (Lipinski definition) is 7. The van der Waals surface area contributed by atoms with Gasteiger partial charge in [-0.05, 0) is 78.6 Å². The van der Waals surface area contributed by atoms with Gasteiger partial charge in [0.05, 0.1) is 12.3 Å². The molecule has 0 aliphatic heterocycles.